The van der Waals surface area contributed by atoms with Crippen molar-refractivity contribution < 1.29 is 0 Å². The van der Waals surface area contributed by atoms with E-state index in [1.165, 1.54) is 14.2 Å². The maximum absolute atomic E-state index is 4.21. The van der Waals surface area contributed by atoms with E-state index in [-0.39, 0.29) is 0 Å². The molecular weight excluding hydrogens is 334 g/mol. The zero-order valence-electron chi connectivity index (χ0n) is 10.8. The summed E-state index contributed by atoms with van der Waals surface area (Å²) in [5.41, 5.74) is 2.39. The molecule has 3 nitrogen and oxygen atoms in total. The van der Waals surface area contributed by atoms with Gasteiger partial charge in [0.05, 0.1) is 10.3 Å². The van der Waals surface area contributed by atoms with Crippen LogP contribution in [0.5, 0.6) is 0 Å². The fourth-order valence-electron chi connectivity index (χ4n) is 1.94. The quantitative estimate of drug-likeness (QED) is 0.742. The van der Waals surface area contributed by atoms with E-state index in [0.29, 0.717) is 0 Å². The third kappa shape index (κ3) is 3.49. The fourth-order valence-corrected chi connectivity index (χ4v) is 3.37. The number of hydrogen-bond donors (Lipinski definition) is 1. The van der Waals surface area contributed by atoms with Crippen LogP contribution < -0.4 is 5.32 Å². The minimum atomic E-state index is 0.811. The maximum atomic E-state index is 4.21. The van der Waals surface area contributed by atoms with Crippen molar-refractivity contribution in [2.45, 2.75) is 13.1 Å². The van der Waals surface area contributed by atoms with Crippen LogP contribution in [-0.4, -0.2) is 9.78 Å². The molecule has 5 heteroatoms. The molecule has 0 aliphatic heterocycles. The molecule has 0 unspecified atom stereocenters. The predicted molar refractivity (Wildman–Crippen MR) is 87.1 cm³/mol. The molecule has 0 radical (unpaired) electrons. The Labute approximate surface area is 130 Å². The summed E-state index contributed by atoms with van der Waals surface area (Å²) in [6.07, 6.45) is 3.77. The summed E-state index contributed by atoms with van der Waals surface area (Å²) < 4.78 is 3.09. The Balaban J connectivity index is 1.58. The average molecular weight is 348 g/mol. The van der Waals surface area contributed by atoms with Gasteiger partial charge >= 0.3 is 0 Å². The van der Waals surface area contributed by atoms with Crippen molar-refractivity contribution in [3.05, 3.63) is 69.1 Å². The minimum Gasteiger partial charge on any atom is -0.380 e. The van der Waals surface area contributed by atoms with Crippen LogP contribution in [0.15, 0.2) is 58.6 Å². The van der Waals surface area contributed by atoms with E-state index in [9.17, 15) is 0 Å². The lowest BCUT2D eigenvalue weighted by Gasteiger charge is -2.07. The Bertz CT molecular complexity index is 659. The topological polar surface area (TPSA) is 29.9 Å². The van der Waals surface area contributed by atoms with Gasteiger partial charge in [0, 0.05) is 29.5 Å². The molecule has 102 valence electrons. The Morgan fingerprint density at radius 3 is 2.65 bits per heavy atom. The van der Waals surface area contributed by atoms with Gasteiger partial charge in [-0.1, -0.05) is 12.1 Å². The molecule has 0 amide bonds. The van der Waals surface area contributed by atoms with Crippen molar-refractivity contribution in [1.29, 1.82) is 0 Å². The highest BCUT2D eigenvalue weighted by Gasteiger charge is 1.99. The first-order chi connectivity index (χ1) is 9.79. The van der Waals surface area contributed by atoms with Crippen LogP contribution in [0.25, 0.3) is 0 Å². The van der Waals surface area contributed by atoms with Gasteiger partial charge in [0.2, 0.25) is 0 Å². The van der Waals surface area contributed by atoms with Crippen LogP contribution in [0.3, 0.4) is 0 Å². The van der Waals surface area contributed by atoms with E-state index >= 15 is 0 Å². The molecule has 3 aromatic rings. The lowest BCUT2D eigenvalue weighted by Crippen LogP contribution is -2.01. The van der Waals surface area contributed by atoms with Gasteiger partial charge in [-0.05, 0) is 51.8 Å². The van der Waals surface area contributed by atoms with Crippen LogP contribution in [-0.2, 0) is 13.1 Å². The van der Waals surface area contributed by atoms with Crippen LogP contribution in [0.2, 0.25) is 0 Å². The van der Waals surface area contributed by atoms with Crippen molar-refractivity contribution in [1.82, 2.24) is 9.78 Å². The van der Waals surface area contributed by atoms with Crippen molar-refractivity contribution >= 4 is 33.0 Å². The molecule has 0 bridgehead atoms. The number of hydrogen-bond acceptors (Lipinski definition) is 3. The van der Waals surface area contributed by atoms with Gasteiger partial charge in [0.15, 0.2) is 0 Å². The first kappa shape index (κ1) is 13.4. The van der Waals surface area contributed by atoms with E-state index in [1.807, 2.05) is 16.9 Å². The normalized spacial score (nSPS) is 10.7. The van der Waals surface area contributed by atoms with E-state index < -0.39 is 0 Å². The van der Waals surface area contributed by atoms with Gasteiger partial charge in [0.25, 0.3) is 0 Å². The molecule has 1 aromatic carbocycles. The summed E-state index contributed by atoms with van der Waals surface area (Å²) >= 11 is 5.23. The second-order valence-corrected chi connectivity index (χ2v) is 7.01. The molecule has 0 aliphatic rings. The smallest absolute Gasteiger partial charge is 0.0702 e. The Morgan fingerprint density at radius 2 is 2.00 bits per heavy atom. The molecule has 0 fully saturated rings. The molecule has 2 aromatic heterocycles. The lowest BCUT2D eigenvalue weighted by molar-refractivity contribution is 0.687. The van der Waals surface area contributed by atoms with Crippen LogP contribution >= 0.6 is 27.3 Å². The van der Waals surface area contributed by atoms with E-state index in [0.717, 1.165) is 18.8 Å². The molecule has 0 aliphatic carbocycles. The lowest BCUT2D eigenvalue weighted by atomic mass is 10.2. The van der Waals surface area contributed by atoms with E-state index in [4.69, 9.17) is 0 Å². The largest absolute Gasteiger partial charge is 0.380 e. The van der Waals surface area contributed by atoms with Gasteiger partial charge in [-0.2, -0.15) is 5.10 Å². The molecular formula is C15H14BrN3S. The van der Waals surface area contributed by atoms with Gasteiger partial charge in [-0.15, -0.1) is 11.3 Å². The van der Waals surface area contributed by atoms with Crippen molar-refractivity contribution in [3.63, 3.8) is 0 Å². The predicted octanol–water partition coefficient (Wildman–Crippen LogP) is 4.37. The van der Waals surface area contributed by atoms with Crippen molar-refractivity contribution in [2.24, 2.45) is 0 Å². The monoisotopic (exact) mass is 347 g/mol. The summed E-state index contributed by atoms with van der Waals surface area (Å²) in [4.78, 5) is 1.32. The molecule has 20 heavy (non-hydrogen) atoms. The Morgan fingerprint density at radius 1 is 1.15 bits per heavy atom. The minimum absolute atomic E-state index is 0.811. The molecule has 0 saturated heterocycles. The highest BCUT2D eigenvalue weighted by Crippen LogP contribution is 2.23. The Kier molecular flexibility index (Phi) is 4.18. The van der Waals surface area contributed by atoms with Crippen molar-refractivity contribution in [3.8, 4) is 0 Å². The Hall–Kier alpha value is -1.59. The first-order valence-electron chi connectivity index (χ1n) is 6.34. The first-order valence-corrected chi connectivity index (χ1v) is 7.95. The summed E-state index contributed by atoms with van der Waals surface area (Å²) in [6, 6.07) is 14.6. The molecule has 0 spiro atoms. The number of benzene rings is 1. The van der Waals surface area contributed by atoms with E-state index in [1.54, 1.807) is 17.5 Å². The number of anilines is 1. The number of nitrogens with zero attached hydrogens (tertiary/aromatic N) is 2. The summed E-state index contributed by atoms with van der Waals surface area (Å²) in [5.74, 6) is 0. The molecule has 0 atom stereocenters. The SMILES string of the molecule is Brc1ccc(CNc2ccc(Cn3cccn3)cc2)s1. The summed E-state index contributed by atoms with van der Waals surface area (Å²) in [7, 11) is 0. The second kappa shape index (κ2) is 6.24. The van der Waals surface area contributed by atoms with Crippen LogP contribution in [0.4, 0.5) is 5.69 Å². The third-order valence-corrected chi connectivity index (χ3v) is 4.58. The average Bonchev–Trinajstić information content (AvgIpc) is 3.10. The second-order valence-electron chi connectivity index (χ2n) is 4.46. The maximum Gasteiger partial charge on any atom is 0.0702 e. The molecule has 2 heterocycles. The standard InChI is InChI=1S/C15H14BrN3S/c16-15-7-6-14(20-15)10-17-13-4-2-12(3-5-13)11-19-9-1-8-18-19/h1-9,17H,10-11H2. The third-order valence-electron chi connectivity index (χ3n) is 2.95. The number of halogens is 1. The van der Waals surface area contributed by atoms with Gasteiger partial charge in [0.1, 0.15) is 0 Å². The summed E-state index contributed by atoms with van der Waals surface area (Å²) in [6.45, 7) is 1.67. The molecule has 3 rings (SSSR count). The fraction of sp³-hybridized carbons (Fsp3) is 0.133. The zero-order valence-corrected chi connectivity index (χ0v) is 13.2. The van der Waals surface area contributed by atoms with Gasteiger partial charge in [-0.3, -0.25) is 4.68 Å². The summed E-state index contributed by atoms with van der Waals surface area (Å²) in [5, 5.41) is 7.64. The number of nitrogens with one attached hydrogen (secondary N) is 1. The van der Waals surface area contributed by atoms with E-state index in [2.05, 4.69) is 62.7 Å². The highest BCUT2D eigenvalue weighted by atomic mass is 79.9. The van der Waals surface area contributed by atoms with Gasteiger partial charge < -0.3 is 5.32 Å². The van der Waals surface area contributed by atoms with Gasteiger partial charge in [-0.25, -0.2) is 0 Å². The zero-order chi connectivity index (χ0) is 13.8. The van der Waals surface area contributed by atoms with Crippen LogP contribution in [0, 0.1) is 0 Å². The highest BCUT2D eigenvalue weighted by molar-refractivity contribution is 9.11. The number of thiophene rings is 1. The number of aromatic nitrogens is 2. The number of rotatable bonds is 5. The van der Waals surface area contributed by atoms with Crippen molar-refractivity contribution in [2.75, 3.05) is 5.32 Å². The molecule has 0 saturated carbocycles. The van der Waals surface area contributed by atoms with Crippen LogP contribution in [0.1, 0.15) is 10.4 Å². The molecule has 1 N–H and O–H groups in total.